The number of rotatable bonds is 18. The van der Waals surface area contributed by atoms with Crippen molar-refractivity contribution in [3.05, 3.63) is 0 Å². The quantitative estimate of drug-likeness (QED) is 0.0801. The Hall–Kier alpha value is -4.49. The molecule has 5 unspecified atom stereocenters. The van der Waals surface area contributed by atoms with Crippen molar-refractivity contribution in [2.24, 2.45) is 17.6 Å². The van der Waals surface area contributed by atoms with E-state index in [1.807, 2.05) is 27.7 Å². The molecular formula is C27H45F3N6O11. The highest BCUT2D eigenvalue weighted by Gasteiger charge is 2.38. The molecule has 0 saturated carbocycles. The van der Waals surface area contributed by atoms with Gasteiger partial charge in [0.05, 0.1) is 6.61 Å². The lowest BCUT2D eigenvalue weighted by atomic mass is 10.0. The fraction of sp³-hybridized carbons (Fsp3) is 0.704. The predicted octanol–water partition coefficient (Wildman–Crippen LogP) is -1.48. The molecule has 0 aliphatic carbocycles. The van der Waals surface area contributed by atoms with Crippen LogP contribution in [0, 0.1) is 11.8 Å². The predicted molar refractivity (Wildman–Crippen MR) is 157 cm³/mol. The van der Waals surface area contributed by atoms with Crippen LogP contribution in [0.15, 0.2) is 0 Å². The molecule has 0 aliphatic rings. The Morgan fingerprint density at radius 3 is 1.45 bits per heavy atom. The van der Waals surface area contributed by atoms with Crippen LogP contribution in [-0.2, 0) is 38.4 Å². The maximum Gasteiger partial charge on any atom is 0.490 e. The molecule has 0 heterocycles. The fourth-order valence-electron chi connectivity index (χ4n) is 3.62. The van der Waals surface area contributed by atoms with Crippen molar-refractivity contribution in [2.45, 2.75) is 104 Å². The number of aliphatic hydroxyl groups excluding tert-OH is 1. The highest BCUT2D eigenvalue weighted by atomic mass is 19.4. The van der Waals surface area contributed by atoms with E-state index in [4.69, 9.17) is 20.7 Å². The number of carbonyl (C=O) groups is 8. The van der Waals surface area contributed by atoms with Gasteiger partial charge in [0, 0.05) is 13.3 Å². The van der Waals surface area contributed by atoms with Gasteiger partial charge in [-0.25, -0.2) is 4.79 Å². The molecule has 20 heteroatoms. The molecule has 0 rings (SSSR count). The minimum absolute atomic E-state index is 0.0101. The topological polar surface area (TPSA) is 283 Å². The Morgan fingerprint density at radius 1 is 0.660 bits per heavy atom. The Kier molecular flexibility index (Phi) is 20.3. The molecule has 5 atom stereocenters. The highest BCUT2D eigenvalue weighted by molar-refractivity contribution is 5.96. The first kappa shape index (κ1) is 44.6. The van der Waals surface area contributed by atoms with Crippen molar-refractivity contribution in [1.82, 2.24) is 26.6 Å². The van der Waals surface area contributed by atoms with Gasteiger partial charge < -0.3 is 47.6 Å². The van der Waals surface area contributed by atoms with E-state index in [2.05, 4.69) is 26.6 Å². The molecule has 0 saturated heterocycles. The Bertz CT molecular complexity index is 1120. The Morgan fingerprint density at radius 2 is 1.06 bits per heavy atom. The first-order valence-electron chi connectivity index (χ1n) is 14.3. The zero-order valence-electron chi connectivity index (χ0n) is 26.9. The van der Waals surface area contributed by atoms with Crippen molar-refractivity contribution in [3.63, 3.8) is 0 Å². The molecule has 47 heavy (non-hydrogen) atoms. The van der Waals surface area contributed by atoms with Gasteiger partial charge in [0.2, 0.25) is 35.4 Å². The molecule has 0 aromatic carbocycles. The number of halogens is 3. The zero-order chi connectivity index (χ0) is 37.2. The number of nitrogens with two attached hydrogens (primary N) is 1. The third-order valence-electron chi connectivity index (χ3n) is 5.86. The molecule has 0 aromatic heterocycles. The summed E-state index contributed by atoms with van der Waals surface area (Å²) in [6.45, 7) is 8.99. The second kappa shape index (κ2) is 21.3. The molecule has 0 radical (unpaired) electrons. The highest BCUT2D eigenvalue weighted by Crippen LogP contribution is 2.13. The number of carboxylic acid groups (broad SMARTS) is 2. The smallest absolute Gasteiger partial charge is 0.481 e. The lowest BCUT2D eigenvalue weighted by Crippen LogP contribution is -2.59. The van der Waals surface area contributed by atoms with Crippen LogP contribution in [0.1, 0.15) is 67.2 Å². The molecule has 6 amide bonds. The summed E-state index contributed by atoms with van der Waals surface area (Å²) in [6.07, 6.45) is -5.45. The SMILES string of the molecule is CC(=O)NC(CC(C)C)C(=O)NC(CO)C(=O)NC(CCC(=O)O)C(=O)NC(C)C(=O)NC(CC(C)C)C(N)=O.O=C(O)C(F)(F)F. The van der Waals surface area contributed by atoms with Crippen molar-refractivity contribution in [1.29, 1.82) is 0 Å². The fourth-order valence-corrected chi connectivity index (χ4v) is 3.62. The monoisotopic (exact) mass is 686 g/mol. The number of alkyl halides is 3. The van der Waals surface area contributed by atoms with E-state index in [1.54, 1.807) is 0 Å². The van der Waals surface area contributed by atoms with Crippen LogP contribution in [0.3, 0.4) is 0 Å². The van der Waals surface area contributed by atoms with E-state index < -0.39 is 96.8 Å². The number of amides is 6. The lowest BCUT2D eigenvalue weighted by Gasteiger charge is -2.25. The standard InChI is InChI=1S/C25H44N6O9.C2HF3O2/c1-12(2)9-17(21(26)36)30-22(37)14(5)27-23(38)16(7-8-20(34)35)29-25(40)19(11-32)31-24(39)18(10-13(3)4)28-15(6)33;3-2(4,5)1(6)7/h12-14,16-19,32H,7-11H2,1-6H3,(H2,26,36)(H,27,38)(H,28,33)(H,29,40)(H,30,37)(H,31,39)(H,34,35);(H,6,7). The number of aliphatic hydroxyl groups is 1. The summed E-state index contributed by atoms with van der Waals surface area (Å²) in [5.41, 5.74) is 5.33. The largest absolute Gasteiger partial charge is 0.490 e. The number of nitrogens with one attached hydrogen (secondary N) is 5. The van der Waals surface area contributed by atoms with Crippen LogP contribution in [0.4, 0.5) is 13.2 Å². The summed E-state index contributed by atoms with van der Waals surface area (Å²) in [5, 5.41) is 37.8. The minimum Gasteiger partial charge on any atom is -0.481 e. The van der Waals surface area contributed by atoms with Gasteiger partial charge in [-0.05, 0) is 38.0 Å². The summed E-state index contributed by atoms with van der Waals surface area (Å²) in [5.74, 6) is -8.54. The second-order valence-electron chi connectivity index (χ2n) is 11.2. The van der Waals surface area contributed by atoms with Gasteiger partial charge in [-0.1, -0.05) is 27.7 Å². The van der Waals surface area contributed by atoms with Gasteiger partial charge in [-0.3, -0.25) is 33.6 Å². The molecule has 10 N–H and O–H groups in total. The van der Waals surface area contributed by atoms with Crippen molar-refractivity contribution in [2.75, 3.05) is 6.61 Å². The summed E-state index contributed by atoms with van der Waals surface area (Å²) in [4.78, 5) is 94.2. The first-order chi connectivity index (χ1) is 21.4. The number of primary amides is 1. The summed E-state index contributed by atoms with van der Waals surface area (Å²) >= 11 is 0. The van der Waals surface area contributed by atoms with E-state index in [0.717, 1.165) is 0 Å². The molecule has 270 valence electrons. The van der Waals surface area contributed by atoms with Crippen LogP contribution in [0.25, 0.3) is 0 Å². The summed E-state index contributed by atoms with van der Waals surface area (Å²) < 4.78 is 31.7. The first-order valence-corrected chi connectivity index (χ1v) is 14.3. The number of hydrogen-bond donors (Lipinski definition) is 9. The second-order valence-corrected chi connectivity index (χ2v) is 11.2. The maximum absolute atomic E-state index is 12.9. The average Bonchev–Trinajstić information content (AvgIpc) is 2.91. The maximum atomic E-state index is 12.9. The Balaban J connectivity index is 0. The number of hydrogen-bond acceptors (Lipinski definition) is 9. The van der Waals surface area contributed by atoms with Gasteiger partial charge in [-0.15, -0.1) is 0 Å². The van der Waals surface area contributed by atoms with E-state index in [1.165, 1.54) is 13.8 Å². The van der Waals surface area contributed by atoms with Gasteiger partial charge in [-0.2, -0.15) is 13.2 Å². The van der Waals surface area contributed by atoms with Gasteiger partial charge in [0.1, 0.15) is 30.2 Å². The molecule has 0 bridgehead atoms. The number of carboxylic acids is 2. The van der Waals surface area contributed by atoms with Crippen LogP contribution in [0.5, 0.6) is 0 Å². The van der Waals surface area contributed by atoms with E-state index in [9.17, 15) is 51.8 Å². The molecule has 0 spiro atoms. The van der Waals surface area contributed by atoms with Crippen LogP contribution >= 0.6 is 0 Å². The molecule has 0 fully saturated rings. The molecule has 0 aromatic rings. The Labute approximate surface area is 268 Å². The normalized spacial score (nSPS) is 14.2. The van der Waals surface area contributed by atoms with Crippen LogP contribution < -0.4 is 32.3 Å². The van der Waals surface area contributed by atoms with Crippen molar-refractivity contribution < 1.29 is 66.8 Å². The molecule has 17 nitrogen and oxygen atoms in total. The van der Waals surface area contributed by atoms with E-state index in [-0.39, 0.29) is 31.1 Å². The lowest BCUT2D eigenvalue weighted by molar-refractivity contribution is -0.192. The molecular weight excluding hydrogens is 641 g/mol. The summed E-state index contributed by atoms with van der Waals surface area (Å²) in [7, 11) is 0. The van der Waals surface area contributed by atoms with E-state index >= 15 is 0 Å². The number of aliphatic carboxylic acids is 2. The molecule has 0 aliphatic heterocycles. The van der Waals surface area contributed by atoms with Crippen LogP contribution in [-0.4, -0.2) is 106 Å². The third-order valence-corrected chi connectivity index (χ3v) is 5.86. The zero-order valence-corrected chi connectivity index (χ0v) is 26.9. The third kappa shape index (κ3) is 20.3. The van der Waals surface area contributed by atoms with Crippen molar-refractivity contribution >= 4 is 47.4 Å². The summed E-state index contributed by atoms with van der Waals surface area (Å²) in [6, 6.07) is -6.11. The van der Waals surface area contributed by atoms with Gasteiger partial charge >= 0.3 is 18.1 Å². The number of carbonyl (C=O) groups excluding carboxylic acids is 6. The van der Waals surface area contributed by atoms with Gasteiger partial charge in [0.15, 0.2) is 0 Å². The minimum atomic E-state index is -5.08. The van der Waals surface area contributed by atoms with Gasteiger partial charge in [0.25, 0.3) is 0 Å². The van der Waals surface area contributed by atoms with Crippen LogP contribution in [0.2, 0.25) is 0 Å². The van der Waals surface area contributed by atoms with E-state index in [0.29, 0.717) is 0 Å². The average molecular weight is 687 g/mol. The van der Waals surface area contributed by atoms with Crippen molar-refractivity contribution in [3.8, 4) is 0 Å².